The van der Waals surface area contributed by atoms with E-state index in [0.717, 1.165) is 18.9 Å². The monoisotopic (exact) mass is 464 g/mol. The van der Waals surface area contributed by atoms with Crippen LogP contribution in [0, 0.1) is 6.92 Å². The number of nitrogens with one attached hydrogen (secondary N) is 2. The van der Waals surface area contributed by atoms with Gasteiger partial charge in [0.05, 0.1) is 31.4 Å². The van der Waals surface area contributed by atoms with Crippen LogP contribution in [0.4, 0.5) is 19.0 Å². The third kappa shape index (κ3) is 4.85. The molecule has 2 heterocycles. The van der Waals surface area contributed by atoms with E-state index in [4.69, 9.17) is 14.2 Å². The third-order valence-corrected chi connectivity index (χ3v) is 5.71. The minimum atomic E-state index is -4.54. The van der Waals surface area contributed by atoms with Gasteiger partial charge in [-0.2, -0.15) is 13.2 Å². The molecule has 1 aromatic carbocycles. The van der Waals surface area contributed by atoms with Crippen molar-refractivity contribution in [2.75, 3.05) is 25.6 Å². The Hall–Kier alpha value is -3.01. The summed E-state index contributed by atoms with van der Waals surface area (Å²) in [5.41, 5.74) is -1.76. The van der Waals surface area contributed by atoms with E-state index in [-0.39, 0.29) is 5.82 Å². The molecule has 2 atom stereocenters. The van der Waals surface area contributed by atoms with Gasteiger partial charge in [-0.3, -0.25) is 0 Å². The molecular weight excluding hydrogens is 437 g/mol. The van der Waals surface area contributed by atoms with E-state index in [9.17, 15) is 13.2 Å². The highest BCUT2D eigenvalue weighted by Gasteiger charge is 2.57. The number of halogens is 3. The normalized spacial score (nSPS) is 21.0. The van der Waals surface area contributed by atoms with Crippen molar-refractivity contribution >= 4 is 16.7 Å². The Morgan fingerprint density at radius 3 is 2.61 bits per heavy atom. The van der Waals surface area contributed by atoms with Crippen molar-refractivity contribution in [3.05, 3.63) is 42.4 Å². The molecule has 0 bridgehead atoms. The third-order valence-electron chi connectivity index (χ3n) is 5.71. The SMILES string of the molecule is COc1cc2nc(C)nc(N[C@H](C)C3(C(F)(F)F)C=CC=CN3)c2cc1OCCOC1CC1. The van der Waals surface area contributed by atoms with Gasteiger partial charge in [0.2, 0.25) is 0 Å². The van der Waals surface area contributed by atoms with Crippen LogP contribution in [0.5, 0.6) is 11.5 Å². The van der Waals surface area contributed by atoms with Crippen LogP contribution in [0.2, 0.25) is 0 Å². The van der Waals surface area contributed by atoms with E-state index in [1.807, 2.05) is 0 Å². The topological polar surface area (TPSA) is 77.5 Å². The van der Waals surface area contributed by atoms with Gasteiger partial charge in [-0.05, 0) is 51.1 Å². The largest absolute Gasteiger partial charge is 0.493 e. The summed E-state index contributed by atoms with van der Waals surface area (Å²) in [6, 6.07) is 2.29. The predicted molar refractivity (Wildman–Crippen MR) is 119 cm³/mol. The number of methoxy groups -OCH3 is 1. The van der Waals surface area contributed by atoms with Crippen molar-refractivity contribution in [2.45, 2.75) is 50.6 Å². The van der Waals surface area contributed by atoms with Gasteiger partial charge in [0.25, 0.3) is 0 Å². The van der Waals surface area contributed by atoms with Crippen LogP contribution in [0.15, 0.2) is 36.6 Å². The van der Waals surface area contributed by atoms with Gasteiger partial charge in [-0.1, -0.05) is 6.08 Å². The van der Waals surface area contributed by atoms with Gasteiger partial charge in [-0.15, -0.1) is 0 Å². The predicted octanol–water partition coefficient (Wildman–Crippen LogP) is 4.28. The van der Waals surface area contributed by atoms with Crippen molar-refractivity contribution in [3.8, 4) is 11.5 Å². The van der Waals surface area contributed by atoms with Crippen LogP contribution in [0.1, 0.15) is 25.6 Å². The van der Waals surface area contributed by atoms with Gasteiger partial charge in [0.15, 0.2) is 17.0 Å². The fourth-order valence-electron chi connectivity index (χ4n) is 3.74. The molecule has 2 aliphatic rings. The summed E-state index contributed by atoms with van der Waals surface area (Å²) in [6.45, 7) is 3.91. The molecule has 2 aromatic rings. The number of nitrogens with zero attached hydrogens (tertiary/aromatic N) is 2. The van der Waals surface area contributed by atoms with Crippen LogP contribution in [-0.4, -0.2) is 54.2 Å². The molecule has 2 N–H and O–H groups in total. The smallest absolute Gasteiger partial charge is 0.417 e. The maximum absolute atomic E-state index is 14.1. The second-order valence-corrected chi connectivity index (χ2v) is 8.15. The Balaban J connectivity index is 1.65. The highest BCUT2D eigenvalue weighted by molar-refractivity contribution is 5.92. The Kier molecular flexibility index (Phi) is 6.38. The molecule has 0 spiro atoms. The van der Waals surface area contributed by atoms with Gasteiger partial charge < -0.3 is 24.8 Å². The van der Waals surface area contributed by atoms with E-state index in [1.165, 1.54) is 32.4 Å². The molecule has 0 radical (unpaired) electrons. The molecule has 1 fully saturated rings. The summed E-state index contributed by atoms with van der Waals surface area (Å²) < 4.78 is 59.1. The van der Waals surface area contributed by atoms with Crippen molar-refractivity contribution in [1.82, 2.24) is 15.3 Å². The quantitative estimate of drug-likeness (QED) is 0.537. The lowest BCUT2D eigenvalue weighted by Gasteiger charge is -2.40. The van der Waals surface area contributed by atoms with Crippen molar-refractivity contribution < 1.29 is 27.4 Å². The van der Waals surface area contributed by atoms with Gasteiger partial charge in [0.1, 0.15) is 18.2 Å². The Morgan fingerprint density at radius 2 is 1.97 bits per heavy atom. The first-order chi connectivity index (χ1) is 15.7. The molecule has 1 aromatic heterocycles. The zero-order valence-electron chi connectivity index (χ0n) is 18.7. The number of allylic oxidation sites excluding steroid dienone is 2. The van der Waals surface area contributed by atoms with Crippen molar-refractivity contribution in [1.29, 1.82) is 0 Å². The molecule has 0 amide bonds. The Morgan fingerprint density at radius 1 is 1.18 bits per heavy atom. The summed E-state index contributed by atoms with van der Waals surface area (Å²) in [5, 5.41) is 5.96. The van der Waals surface area contributed by atoms with Gasteiger partial charge in [0, 0.05) is 11.5 Å². The van der Waals surface area contributed by atoms with E-state index in [2.05, 4.69) is 20.6 Å². The first-order valence-electron chi connectivity index (χ1n) is 10.8. The zero-order chi connectivity index (χ0) is 23.6. The summed E-state index contributed by atoms with van der Waals surface area (Å²) in [6.07, 6.45) is 3.21. The lowest BCUT2D eigenvalue weighted by atomic mass is 9.88. The van der Waals surface area contributed by atoms with E-state index < -0.39 is 17.8 Å². The maximum atomic E-state index is 14.1. The molecule has 1 aliphatic carbocycles. The number of dihydropyridines is 1. The molecule has 178 valence electrons. The van der Waals surface area contributed by atoms with E-state index in [1.54, 1.807) is 19.1 Å². The highest BCUT2D eigenvalue weighted by Crippen LogP contribution is 2.39. The minimum absolute atomic E-state index is 0.278. The van der Waals surface area contributed by atoms with Crippen molar-refractivity contribution in [3.63, 3.8) is 0 Å². The molecule has 10 heteroatoms. The standard InChI is InChI=1S/C23H27F3N4O3/c1-14(22(23(24,25)26)8-4-5-9-27-22)28-21-17-12-20(33-11-10-32-16-6-7-16)19(31-3)13-18(17)29-15(2)30-21/h4-5,8-9,12-14,16,27H,6-7,10-11H2,1-3H3,(H,28,29,30)/t14-,22?/m1/s1. The zero-order valence-corrected chi connectivity index (χ0v) is 18.7. The first-order valence-corrected chi connectivity index (χ1v) is 10.8. The lowest BCUT2D eigenvalue weighted by Crippen LogP contribution is -2.63. The molecule has 33 heavy (non-hydrogen) atoms. The number of hydrogen-bond acceptors (Lipinski definition) is 7. The number of benzene rings is 1. The number of hydrogen-bond donors (Lipinski definition) is 2. The lowest BCUT2D eigenvalue weighted by molar-refractivity contribution is -0.182. The van der Waals surface area contributed by atoms with Crippen LogP contribution in [-0.2, 0) is 4.74 Å². The Labute approximate surface area is 190 Å². The molecule has 7 nitrogen and oxygen atoms in total. The van der Waals surface area contributed by atoms with Crippen LogP contribution < -0.4 is 20.1 Å². The number of anilines is 1. The molecule has 0 saturated heterocycles. The average Bonchev–Trinajstić information content (AvgIpc) is 3.60. The van der Waals surface area contributed by atoms with Crippen LogP contribution in [0.25, 0.3) is 10.9 Å². The fraction of sp³-hybridized carbons (Fsp3) is 0.478. The van der Waals surface area contributed by atoms with Crippen molar-refractivity contribution in [2.24, 2.45) is 0 Å². The summed E-state index contributed by atoms with van der Waals surface area (Å²) in [4.78, 5) is 8.82. The number of aryl methyl sites for hydroxylation is 1. The number of ether oxygens (including phenoxy) is 3. The molecule has 4 rings (SSSR count). The summed E-state index contributed by atoms with van der Waals surface area (Å²) in [7, 11) is 1.52. The number of alkyl halides is 3. The molecule has 1 aliphatic heterocycles. The highest BCUT2D eigenvalue weighted by atomic mass is 19.4. The summed E-state index contributed by atoms with van der Waals surface area (Å²) >= 11 is 0. The second kappa shape index (κ2) is 9.09. The first kappa shape index (κ1) is 23.2. The number of rotatable bonds is 9. The summed E-state index contributed by atoms with van der Waals surface area (Å²) in [5.74, 6) is 1.61. The molecule has 1 saturated carbocycles. The van der Waals surface area contributed by atoms with Gasteiger partial charge >= 0.3 is 6.18 Å². The second-order valence-electron chi connectivity index (χ2n) is 8.15. The maximum Gasteiger partial charge on any atom is 0.417 e. The van der Waals surface area contributed by atoms with E-state index >= 15 is 0 Å². The van der Waals surface area contributed by atoms with Crippen LogP contribution >= 0.6 is 0 Å². The minimum Gasteiger partial charge on any atom is -0.493 e. The molecule has 1 unspecified atom stereocenters. The number of fused-ring (bicyclic) bond motifs is 1. The Bertz CT molecular complexity index is 1070. The van der Waals surface area contributed by atoms with Crippen LogP contribution in [0.3, 0.4) is 0 Å². The molecular formula is C23H27F3N4O3. The van der Waals surface area contributed by atoms with Gasteiger partial charge in [-0.25, -0.2) is 9.97 Å². The average molecular weight is 464 g/mol. The number of aromatic nitrogens is 2. The fourth-order valence-corrected chi connectivity index (χ4v) is 3.74. The van der Waals surface area contributed by atoms with E-state index in [0.29, 0.717) is 47.5 Å².